The maximum atomic E-state index is 5.26. The zero-order chi connectivity index (χ0) is 29.9. The highest BCUT2D eigenvalue weighted by atomic mass is 16.5. The Morgan fingerprint density at radius 3 is 2.48 bits per heavy atom. The molecule has 1 aliphatic rings. The molecule has 0 saturated carbocycles. The molecule has 1 aliphatic carbocycles. The van der Waals surface area contributed by atoms with E-state index in [1.807, 2.05) is 24.4 Å². The molecule has 42 heavy (non-hydrogen) atoms. The van der Waals surface area contributed by atoms with E-state index in [-0.39, 0.29) is 6.04 Å². The number of nitrogens with zero attached hydrogens (tertiary/aromatic N) is 5. The van der Waals surface area contributed by atoms with Crippen molar-refractivity contribution < 1.29 is 4.74 Å². The second-order valence-corrected chi connectivity index (χ2v) is 11.6. The number of ether oxygens (including phenoxy) is 1. The number of nitrogens with one attached hydrogen (secondary N) is 1. The van der Waals surface area contributed by atoms with E-state index in [2.05, 4.69) is 102 Å². The highest BCUT2D eigenvalue weighted by Crippen LogP contribution is 2.21. The molecule has 0 amide bonds. The van der Waals surface area contributed by atoms with Gasteiger partial charge in [0.25, 0.3) is 0 Å². The van der Waals surface area contributed by atoms with Crippen LogP contribution in [-0.2, 0) is 19.4 Å². The topological polar surface area (TPSA) is 57.9 Å². The lowest BCUT2D eigenvalue weighted by atomic mass is 9.96. The fourth-order valence-corrected chi connectivity index (χ4v) is 5.40. The molecule has 0 saturated heterocycles. The number of pyridine rings is 2. The molecule has 1 aromatic carbocycles. The van der Waals surface area contributed by atoms with Crippen molar-refractivity contribution in [1.82, 2.24) is 24.6 Å². The van der Waals surface area contributed by atoms with Crippen molar-refractivity contribution in [3.8, 4) is 5.75 Å². The van der Waals surface area contributed by atoms with Crippen molar-refractivity contribution in [2.24, 2.45) is 0 Å². The molecule has 1 N–H and O–H groups in total. The highest BCUT2D eigenvalue weighted by molar-refractivity contribution is 5.52. The molecule has 1 unspecified atom stereocenters. The molecule has 0 aliphatic heterocycles. The number of hydrogen-bond acceptors (Lipinski definition) is 6. The quantitative estimate of drug-likeness (QED) is 0.204. The fourth-order valence-electron chi connectivity index (χ4n) is 5.40. The smallest absolute Gasteiger partial charge is 0.138 e. The molecule has 7 nitrogen and oxygen atoms in total. The van der Waals surface area contributed by atoms with Crippen molar-refractivity contribution in [1.29, 1.82) is 0 Å². The Morgan fingerprint density at radius 1 is 0.976 bits per heavy atom. The van der Waals surface area contributed by atoms with E-state index in [1.54, 1.807) is 7.11 Å². The van der Waals surface area contributed by atoms with Crippen LogP contribution in [0.4, 0.5) is 5.82 Å². The van der Waals surface area contributed by atoms with Crippen LogP contribution in [0.5, 0.6) is 5.75 Å². The van der Waals surface area contributed by atoms with Crippen LogP contribution in [0.1, 0.15) is 75.0 Å². The van der Waals surface area contributed by atoms with Gasteiger partial charge in [0.1, 0.15) is 17.2 Å². The monoisotopic (exact) mass is 570 g/mol. The maximum absolute atomic E-state index is 5.26. The Morgan fingerprint density at radius 2 is 1.76 bits per heavy atom. The minimum atomic E-state index is 0.231. The van der Waals surface area contributed by atoms with Crippen LogP contribution < -0.4 is 15.0 Å². The van der Waals surface area contributed by atoms with Crippen molar-refractivity contribution in [2.45, 2.75) is 77.9 Å². The third kappa shape index (κ3) is 8.55. The molecule has 7 heteroatoms. The van der Waals surface area contributed by atoms with Crippen molar-refractivity contribution in [3.63, 3.8) is 0 Å². The molecular weight excluding hydrogens is 520 g/mol. The molecule has 0 fully saturated rings. The summed E-state index contributed by atoms with van der Waals surface area (Å²) in [6.45, 7) is 9.51. The Bertz CT molecular complexity index is 1340. The molecule has 5 rings (SSSR count). The Kier molecular flexibility index (Phi) is 11.8. The van der Waals surface area contributed by atoms with Gasteiger partial charge in [-0.05, 0) is 108 Å². The van der Waals surface area contributed by atoms with Gasteiger partial charge < -0.3 is 19.9 Å². The third-order valence-electron chi connectivity index (χ3n) is 8.34. The van der Waals surface area contributed by atoms with Crippen LogP contribution in [-0.4, -0.2) is 59.6 Å². The number of anilines is 1. The third-order valence-corrected chi connectivity index (χ3v) is 8.34. The van der Waals surface area contributed by atoms with E-state index in [1.165, 1.54) is 48.3 Å². The minimum absolute atomic E-state index is 0.231. The first-order chi connectivity index (χ1) is 20.4. The van der Waals surface area contributed by atoms with Crippen molar-refractivity contribution in [3.05, 3.63) is 89.5 Å². The number of methoxy groups -OCH3 is 1. The number of benzene rings is 1. The van der Waals surface area contributed by atoms with E-state index < -0.39 is 0 Å². The van der Waals surface area contributed by atoms with Crippen LogP contribution in [0.2, 0.25) is 0 Å². The molecule has 3 heterocycles. The van der Waals surface area contributed by atoms with Crippen LogP contribution in [0, 0.1) is 0 Å². The molecule has 2 atom stereocenters. The molecule has 3 aromatic heterocycles. The first-order valence-electron chi connectivity index (χ1n) is 15.6. The summed E-state index contributed by atoms with van der Waals surface area (Å²) in [4.78, 5) is 14.0. The van der Waals surface area contributed by atoms with Gasteiger partial charge in [-0.25, -0.2) is 4.98 Å². The Labute approximate surface area is 252 Å². The number of rotatable bonds is 12. The largest absolute Gasteiger partial charge is 0.497 e. The van der Waals surface area contributed by atoms with Gasteiger partial charge in [0.2, 0.25) is 0 Å². The average Bonchev–Trinajstić information content (AvgIpc) is 3.45. The summed E-state index contributed by atoms with van der Waals surface area (Å²) in [5, 5.41) is 3.60. The maximum Gasteiger partial charge on any atom is 0.138 e. The normalized spacial score (nSPS) is 14.2. The summed E-state index contributed by atoms with van der Waals surface area (Å²) in [5.41, 5.74) is 6.08. The van der Waals surface area contributed by atoms with Gasteiger partial charge in [0.05, 0.1) is 12.8 Å². The zero-order valence-corrected chi connectivity index (χ0v) is 26.5. The highest BCUT2D eigenvalue weighted by Gasteiger charge is 2.14. The summed E-state index contributed by atoms with van der Waals surface area (Å²) in [7, 11) is 5.99. The van der Waals surface area contributed by atoms with Gasteiger partial charge in [0.15, 0.2) is 0 Å². The van der Waals surface area contributed by atoms with Gasteiger partial charge in [-0.2, -0.15) is 0 Å². The minimum Gasteiger partial charge on any atom is -0.497 e. The van der Waals surface area contributed by atoms with Gasteiger partial charge in [-0.1, -0.05) is 31.2 Å². The van der Waals surface area contributed by atoms with Crippen LogP contribution in [0.3, 0.4) is 0 Å². The lowest BCUT2D eigenvalue weighted by Gasteiger charge is -2.28. The standard InChI is InChI=1S/C26H39N5O.C9H11N/c1-7-16-30(17-15-20(2)29(4)5)26-10-8-9-25-28-23(19-31(25)26)18-27-21(3)22-11-13-24(32-6)14-12-22;1-2-6-9-8(4-1)5-3-7-10-9/h8-14,19-21,27H,7,15-18H2,1-6H3;3,5,7H,1-2,4,6H2/t20?,21-;/m0./s1. The summed E-state index contributed by atoms with van der Waals surface area (Å²) in [6.07, 6.45) is 11.4. The number of hydrogen-bond donors (Lipinski definition) is 1. The van der Waals surface area contributed by atoms with Crippen molar-refractivity contribution in [2.75, 3.05) is 39.2 Å². The first-order valence-corrected chi connectivity index (χ1v) is 15.6. The summed E-state index contributed by atoms with van der Waals surface area (Å²) in [6, 6.07) is 19.6. The van der Waals surface area contributed by atoms with E-state index in [0.717, 1.165) is 49.6 Å². The van der Waals surface area contributed by atoms with Crippen LogP contribution >= 0.6 is 0 Å². The fraction of sp³-hybridized carbons (Fsp3) is 0.486. The Balaban J connectivity index is 0.000000337. The van der Waals surface area contributed by atoms with E-state index in [0.29, 0.717) is 6.04 Å². The first kappa shape index (κ1) is 31.5. The van der Waals surface area contributed by atoms with Crippen LogP contribution in [0.15, 0.2) is 67.0 Å². The number of imidazole rings is 1. The van der Waals surface area contributed by atoms with Gasteiger partial charge in [-0.3, -0.25) is 9.38 Å². The summed E-state index contributed by atoms with van der Waals surface area (Å²) >= 11 is 0. The van der Waals surface area contributed by atoms with Gasteiger partial charge in [0, 0.05) is 49.8 Å². The summed E-state index contributed by atoms with van der Waals surface area (Å²) in [5.74, 6) is 2.10. The van der Waals surface area contributed by atoms with Crippen molar-refractivity contribution >= 4 is 11.5 Å². The van der Waals surface area contributed by atoms with E-state index in [9.17, 15) is 0 Å². The Hall–Kier alpha value is -3.42. The summed E-state index contributed by atoms with van der Waals surface area (Å²) < 4.78 is 7.50. The number of fused-ring (bicyclic) bond motifs is 2. The second kappa shape index (κ2) is 15.7. The molecular formula is C35H50N6O. The van der Waals surface area contributed by atoms with E-state index in [4.69, 9.17) is 9.72 Å². The molecule has 0 bridgehead atoms. The second-order valence-electron chi connectivity index (χ2n) is 11.6. The molecule has 0 radical (unpaired) electrons. The van der Waals surface area contributed by atoms with Gasteiger partial charge in [-0.15, -0.1) is 0 Å². The predicted molar refractivity (Wildman–Crippen MR) is 175 cm³/mol. The van der Waals surface area contributed by atoms with Crippen LogP contribution in [0.25, 0.3) is 5.65 Å². The number of aryl methyl sites for hydroxylation is 2. The lowest BCUT2D eigenvalue weighted by Crippen LogP contribution is -2.33. The zero-order valence-electron chi connectivity index (χ0n) is 26.5. The lowest BCUT2D eigenvalue weighted by molar-refractivity contribution is 0.300. The van der Waals surface area contributed by atoms with Gasteiger partial charge >= 0.3 is 0 Å². The van der Waals surface area contributed by atoms with E-state index >= 15 is 0 Å². The molecule has 226 valence electrons. The SMILES string of the molecule is CCCN(CCC(C)N(C)C)c1cccc2nc(CN[C@@H](C)c3ccc(OC)cc3)cn12.c1cnc2c(c1)CCCC2. The number of aromatic nitrogens is 3. The predicted octanol–water partition coefficient (Wildman–Crippen LogP) is 6.71. The molecule has 4 aromatic rings. The average molecular weight is 571 g/mol. The molecule has 0 spiro atoms.